The van der Waals surface area contributed by atoms with Crippen molar-refractivity contribution in [2.45, 2.75) is 252 Å². The van der Waals surface area contributed by atoms with Crippen LogP contribution in [0.25, 0.3) is 0 Å². The maximum Gasteiger partial charge on any atom is 0.0662 e. The van der Waals surface area contributed by atoms with Gasteiger partial charge in [0, 0.05) is 6.21 Å². The van der Waals surface area contributed by atoms with Crippen molar-refractivity contribution in [1.29, 1.82) is 0 Å². The van der Waals surface area contributed by atoms with Gasteiger partial charge in [0.25, 0.3) is 0 Å². The van der Waals surface area contributed by atoms with Gasteiger partial charge < -0.3 is 0 Å². The maximum atomic E-state index is 5.27. The molecule has 0 heterocycles. The lowest BCUT2D eigenvalue weighted by atomic mass is 10.00. The summed E-state index contributed by atoms with van der Waals surface area (Å²) in [4.78, 5) is 10.4. The van der Waals surface area contributed by atoms with Crippen LogP contribution in [0.5, 0.6) is 0 Å². The van der Waals surface area contributed by atoms with Crippen LogP contribution in [0.1, 0.15) is 250 Å². The smallest absolute Gasteiger partial charge is 0.0662 e. The van der Waals surface area contributed by atoms with Crippen molar-refractivity contribution in [1.82, 2.24) is 0 Å². The van der Waals surface area contributed by atoms with E-state index in [1.165, 1.54) is 203 Å². The van der Waals surface area contributed by atoms with Gasteiger partial charge in [-0.15, -0.1) is 0 Å². The van der Waals surface area contributed by atoms with Crippen LogP contribution in [0.4, 0.5) is 11.4 Å². The summed E-state index contributed by atoms with van der Waals surface area (Å²) in [5, 5.41) is 0. The third-order valence-electron chi connectivity index (χ3n) is 11.8. The topological polar surface area (TPSA) is 24.7 Å². The monoisotopic (exact) mass is 781 g/mol. The summed E-state index contributed by atoms with van der Waals surface area (Å²) in [5.74, 6) is 0. The van der Waals surface area contributed by atoms with Crippen molar-refractivity contribution in [3.63, 3.8) is 0 Å². The summed E-state index contributed by atoms with van der Waals surface area (Å²) < 4.78 is 0. The molecule has 0 saturated heterocycles. The van der Waals surface area contributed by atoms with E-state index in [1.54, 1.807) is 0 Å². The first kappa shape index (κ1) is 50.7. The lowest BCUT2D eigenvalue weighted by Gasteiger charge is -2.09. The molecule has 0 fully saturated rings. The van der Waals surface area contributed by atoms with Gasteiger partial charge in [0.05, 0.1) is 17.1 Å². The van der Waals surface area contributed by atoms with Crippen molar-refractivity contribution in [2.24, 2.45) is 9.98 Å². The van der Waals surface area contributed by atoms with E-state index in [4.69, 9.17) is 9.98 Å². The molecule has 0 spiro atoms. The van der Waals surface area contributed by atoms with E-state index in [0.717, 1.165) is 55.6 Å². The Morgan fingerprint density at radius 3 is 1.40 bits per heavy atom. The van der Waals surface area contributed by atoms with Gasteiger partial charge in [-0.1, -0.05) is 225 Å². The molecular weight excluding hydrogens is 689 g/mol. The summed E-state index contributed by atoms with van der Waals surface area (Å²) in [7, 11) is 0. The third kappa shape index (κ3) is 28.6. The number of hydrogen-bond donors (Lipinski definition) is 0. The average Bonchev–Trinajstić information content (AvgIpc) is 3.22. The Bertz CT molecular complexity index is 1260. The number of aryl methyl sites for hydroxylation is 3. The van der Waals surface area contributed by atoms with Crippen LogP contribution in [-0.4, -0.2) is 11.9 Å². The maximum absolute atomic E-state index is 5.27. The fourth-order valence-electron chi connectivity index (χ4n) is 8.11. The van der Waals surface area contributed by atoms with Crippen LogP contribution >= 0.6 is 0 Å². The number of benzene rings is 2. The first-order valence-corrected chi connectivity index (χ1v) is 25.2. The number of unbranched alkanes of at least 4 members (excludes halogenated alkanes) is 26. The van der Waals surface area contributed by atoms with Crippen molar-refractivity contribution in [3.8, 4) is 0 Å². The molecule has 2 nitrogen and oxygen atoms in total. The van der Waals surface area contributed by atoms with Gasteiger partial charge in [-0.2, -0.15) is 0 Å². The second-order valence-corrected chi connectivity index (χ2v) is 17.4. The van der Waals surface area contributed by atoms with Gasteiger partial charge in [0.2, 0.25) is 0 Å². The predicted molar refractivity (Wildman–Crippen MR) is 259 cm³/mol. The normalized spacial score (nSPS) is 12.2. The van der Waals surface area contributed by atoms with E-state index in [9.17, 15) is 0 Å². The van der Waals surface area contributed by atoms with Crippen LogP contribution in [0.3, 0.4) is 0 Å². The van der Waals surface area contributed by atoms with Gasteiger partial charge in [0.1, 0.15) is 0 Å². The van der Waals surface area contributed by atoms with Crippen molar-refractivity contribution in [3.05, 3.63) is 71.3 Å². The molecule has 0 aliphatic rings. The molecule has 2 rings (SSSR count). The number of allylic oxidation sites excluding steroid dienone is 2. The minimum Gasteiger partial charge on any atom is -0.255 e. The lowest BCUT2D eigenvalue weighted by Crippen LogP contribution is -2.01. The zero-order chi connectivity index (χ0) is 40.7. The van der Waals surface area contributed by atoms with E-state index in [2.05, 4.69) is 88.5 Å². The summed E-state index contributed by atoms with van der Waals surface area (Å²) in [6.07, 6.45) is 53.6. The molecule has 0 unspecified atom stereocenters. The van der Waals surface area contributed by atoms with Gasteiger partial charge >= 0.3 is 0 Å². The van der Waals surface area contributed by atoms with Crippen molar-refractivity contribution < 1.29 is 0 Å². The molecule has 322 valence electrons. The van der Waals surface area contributed by atoms with Gasteiger partial charge in [0.15, 0.2) is 0 Å². The number of nitrogens with zero attached hydrogens (tertiary/aromatic N) is 2. The molecule has 0 bridgehead atoms. The standard InChI is InChI=1S/C55H92N2/c1-5-9-13-14-15-16-17-18-19-20-21-22-23-24-25-26-27-28-29-30-31-32-33-37-42-52-43-38-39-45-55(52)56-49-53(44-36-12-8-4)57-54-47-50(40-34-10-6-2)46-51(48-54)41-35-11-7-3/h32-33,38-39,43,45-49H,5-31,34-37,40-42,44H2,1-4H3. The molecule has 2 aromatic rings. The number of hydrogen-bond acceptors (Lipinski definition) is 2. The molecule has 0 aliphatic carbocycles. The average molecular weight is 781 g/mol. The molecule has 0 aliphatic heterocycles. The van der Waals surface area contributed by atoms with Crippen LogP contribution in [0, 0.1) is 0 Å². The van der Waals surface area contributed by atoms with E-state index < -0.39 is 0 Å². The lowest BCUT2D eigenvalue weighted by molar-refractivity contribution is 0.522. The highest BCUT2D eigenvalue weighted by atomic mass is 14.8. The Balaban J connectivity index is 1.69. The zero-order valence-electron chi connectivity index (χ0n) is 38.4. The van der Waals surface area contributed by atoms with Gasteiger partial charge in [-0.05, 0) is 99.1 Å². The molecule has 0 amide bonds. The minimum absolute atomic E-state index is 0.979. The van der Waals surface area contributed by atoms with E-state index in [0.29, 0.717) is 0 Å². The van der Waals surface area contributed by atoms with E-state index in [-0.39, 0.29) is 0 Å². The molecule has 0 N–H and O–H groups in total. The van der Waals surface area contributed by atoms with E-state index >= 15 is 0 Å². The Hall–Kier alpha value is -2.48. The third-order valence-corrected chi connectivity index (χ3v) is 11.8. The molecule has 0 atom stereocenters. The first-order chi connectivity index (χ1) is 28.2. The Morgan fingerprint density at radius 2 is 0.877 bits per heavy atom. The number of para-hydroxylation sites is 1. The SMILES string of the molecule is CCCCCCCCCCCCCCCCCCCCCCC=CCCc1ccccc1N=CC(CCCCC)=Nc1cc(CCCCC)cc(CCCCC)c1. The first-order valence-electron chi connectivity index (χ1n) is 25.2. The van der Waals surface area contributed by atoms with Crippen LogP contribution in [-0.2, 0) is 19.3 Å². The quantitative estimate of drug-likeness (QED) is 0.0367. The molecule has 0 radical (unpaired) electrons. The number of rotatable bonds is 39. The fraction of sp³-hybridized carbons (Fsp3) is 0.709. The highest BCUT2D eigenvalue weighted by molar-refractivity contribution is 6.31. The molecule has 57 heavy (non-hydrogen) atoms. The van der Waals surface area contributed by atoms with Crippen LogP contribution < -0.4 is 0 Å². The van der Waals surface area contributed by atoms with Crippen LogP contribution in [0.15, 0.2) is 64.6 Å². The van der Waals surface area contributed by atoms with E-state index in [1.807, 2.05) is 0 Å². The van der Waals surface area contributed by atoms with Crippen molar-refractivity contribution >= 4 is 23.3 Å². The molecular formula is C55H92N2. The largest absolute Gasteiger partial charge is 0.255 e. The second-order valence-electron chi connectivity index (χ2n) is 17.4. The molecule has 2 heteroatoms. The van der Waals surface area contributed by atoms with Gasteiger partial charge in [-0.25, -0.2) is 0 Å². The van der Waals surface area contributed by atoms with Crippen molar-refractivity contribution in [2.75, 3.05) is 0 Å². The summed E-state index contributed by atoms with van der Waals surface area (Å²) in [5.41, 5.74) is 7.55. The summed E-state index contributed by atoms with van der Waals surface area (Å²) in [6, 6.07) is 15.9. The highest BCUT2D eigenvalue weighted by Gasteiger charge is 2.06. The zero-order valence-corrected chi connectivity index (χ0v) is 38.4. The fourth-order valence-corrected chi connectivity index (χ4v) is 8.11. The summed E-state index contributed by atoms with van der Waals surface area (Å²) >= 11 is 0. The molecule has 2 aromatic carbocycles. The Kier molecular flexibility index (Phi) is 33.6. The Labute approximate surface area is 355 Å². The highest BCUT2D eigenvalue weighted by Crippen LogP contribution is 2.24. The molecule has 0 aromatic heterocycles. The van der Waals surface area contributed by atoms with Crippen LogP contribution in [0.2, 0.25) is 0 Å². The second kappa shape index (κ2) is 37.8. The molecule has 0 saturated carbocycles. The Morgan fingerprint density at radius 1 is 0.439 bits per heavy atom. The summed E-state index contributed by atoms with van der Waals surface area (Å²) in [6.45, 7) is 9.16. The predicted octanol–water partition coefficient (Wildman–Crippen LogP) is 18.9. The minimum atomic E-state index is 0.979. The van der Waals surface area contributed by atoms with Gasteiger partial charge in [-0.3, -0.25) is 9.98 Å². The number of aliphatic imine (C=N–C) groups is 2.